The number of allylic oxidation sites excluding steroid dienone is 4. The monoisotopic (exact) mass is 435 g/mol. The van der Waals surface area contributed by atoms with Gasteiger partial charge in [-0.25, -0.2) is 0 Å². The van der Waals surface area contributed by atoms with Crippen molar-refractivity contribution in [1.82, 2.24) is 0 Å². The molecule has 0 spiro atoms. The van der Waals surface area contributed by atoms with Crippen LogP contribution in [0.5, 0.6) is 0 Å². The first-order valence-electron chi connectivity index (χ1n) is 13.6. The second-order valence-electron chi connectivity index (χ2n) is 8.92. The summed E-state index contributed by atoms with van der Waals surface area (Å²) in [6.45, 7) is 10.9. The highest BCUT2D eigenvalue weighted by Gasteiger charge is 2.02. The molecule has 0 aromatic carbocycles. The van der Waals surface area contributed by atoms with E-state index >= 15 is 0 Å². The van der Waals surface area contributed by atoms with Crippen LogP contribution in [-0.4, -0.2) is 25.9 Å². The molecule has 1 radical (unpaired) electrons. The van der Waals surface area contributed by atoms with Crippen molar-refractivity contribution in [3.8, 4) is 0 Å². The molecule has 0 aliphatic carbocycles. The van der Waals surface area contributed by atoms with Crippen LogP contribution in [0.15, 0.2) is 24.3 Å². The molecule has 0 aromatic rings. The predicted octanol–water partition coefficient (Wildman–Crippen LogP) is 9.40. The summed E-state index contributed by atoms with van der Waals surface area (Å²) in [5, 5.41) is 0. The Balaban J connectivity index is 3.22. The molecule has 183 valence electrons. The molecule has 31 heavy (non-hydrogen) atoms. The third-order valence-electron chi connectivity index (χ3n) is 5.64. The van der Waals surface area contributed by atoms with Crippen molar-refractivity contribution in [2.45, 2.75) is 136 Å². The van der Waals surface area contributed by atoms with Crippen LogP contribution in [0.25, 0.3) is 0 Å². The van der Waals surface area contributed by atoms with Gasteiger partial charge in [0.15, 0.2) is 0 Å². The number of ether oxygens (including phenoxy) is 2. The average molecular weight is 436 g/mol. The van der Waals surface area contributed by atoms with Gasteiger partial charge in [-0.1, -0.05) is 109 Å². The van der Waals surface area contributed by atoms with Gasteiger partial charge in [0.25, 0.3) is 0 Å². The van der Waals surface area contributed by atoms with Crippen LogP contribution in [0.3, 0.4) is 0 Å². The highest BCUT2D eigenvalue weighted by atomic mass is 16.5. The second kappa shape index (κ2) is 27.4. The highest BCUT2D eigenvalue weighted by Crippen LogP contribution is 2.09. The van der Waals surface area contributed by atoms with E-state index in [-0.39, 0.29) is 6.10 Å². The maximum Gasteiger partial charge on any atom is 0.0809 e. The Morgan fingerprint density at radius 3 is 1.71 bits per heavy atom. The summed E-state index contributed by atoms with van der Waals surface area (Å²) in [4.78, 5) is 0. The molecular formula is C29H55O2. The van der Waals surface area contributed by atoms with Crippen LogP contribution in [0.4, 0.5) is 0 Å². The Morgan fingerprint density at radius 1 is 0.581 bits per heavy atom. The maximum atomic E-state index is 5.77. The molecule has 0 heterocycles. The van der Waals surface area contributed by atoms with Crippen molar-refractivity contribution >= 4 is 0 Å². The summed E-state index contributed by atoms with van der Waals surface area (Å²) >= 11 is 0. The van der Waals surface area contributed by atoms with Gasteiger partial charge in [0, 0.05) is 13.2 Å². The standard InChI is InChI=1S/C29H55O2/c1-4-6-8-10-12-13-14-15-16-17-18-19-20-21-23-25-27-31-29(3)28-30-26-24-22-11-9-7-5-2/h12-13,15-16,29H,3-11,14,17-28H2,1-2H3/b13-12-,16-15-. The Labute approximate surface area is 196 Å². The third kappa shape index (κ3) is 27.4. The number of hydrogen-bond donors (Lipinski definition) is 0. The van der Waals surface area contributed by atoms with Gasteiger partial charge in [-0.15, -0.1) is 0 Å². The SMILES string of the molecule is [CH2]C(COCCCCCCCC)OCCCCCCCC/C=C\C/C=C\CCCCC. The number of unbranched alkanes of at least 4 members (excludes halogenated alkanes) is 14. The van der Waals surface area contributed by atoms with E-state index in [1.165, 1.54) is 103 Å². The van der Waals surface area contributed by atoms with Gasteiger partial charge in [0.1, 0.15) is 0 Å². The van der Waals surface area contributed by atoms with Gasteiger partial charge in [0.2, 0.25) is 0 Å². The van der Waals surface area contributed by atoms with Crippen LogP contribution in [0.1, 0.15) is 129 Å². The molecule has 1 atom stereocenters. The van der Waals surface area contributed by atoms with Crippen LogP contribution in [-0.2, 0) is 9.47 Å². The Hall–Kier alpha value is -0.600. The minimum atomic E-state index is -0.0157. The van der Waals surface area contributed by atoms with Crippen molar-refractivity contribution in [1.29, 1.82) is 0 Å². The maximum absolute atomic E-state index is 5.77. The third-order valence-corrected chi connectivity index (χ3v) is 5.64. The number of hydrogen-bond acceptors (Lipinski definition) is 2. The number of rotatable bonds is 25. The van der Waals surface area contributed by atoms with E-state index in [0.717, 1.165) is 26.1 Å². The normalized spacial score (nSPS) is 13.0. The second-order valence-corrected chi connectivity index (χ2v) is 8.92. The van der Waals surface area contributed by atoms with Gasteiger partial charge < -0.3 is 9.47 Å². The quantitative estimate of drug-likeness (QED) is 0.105. The lowest BCUT2D eigenvalue weighted by molar-refractivity contribution is 0.00440. The summed E-state index contributed by atoms with van der Waals surface area (Å²) in [7, 11) is 0. The molecule has 0 N–H and O–H groups in total. The summed E-state index contributed by atoms with van der Waals surface area (Å²) in [6, 6.07) is 0. The van der Waals surface area contributed by atoms with Crippen LogP contribution in [0.2, 0.25) is 0 Å². The van der Waals surface area contributed by atoms with Crippen molar-refractivity contribution in [3.05, 3.63) is 31.2 Å². The van der Waals surface area contributed by atoms with E-state index in [1.807, 2.05) is 0 Å². The molecule has 0 bridgehead atoms. The van der Waals surface area contributed by atoms with Crippen molar-refractivity contribution in [3.63, 3.8) is 0 Å². The minimum Gasteiger partial charge on any atom is -0.379 e. The summed E-state index contributed by atoms with van der Waals surface area (Å²) in [6.07, 6.45) is 32.5. The van der Waals surface area contributed by atoms with Gasteiger partial charge in [-0.2, -0.15) is 0 Å². The van der Waals surface area contributed by atoms with Crippen molar-refractivity contribution in [2.24, 2.45) is 0 Å². The molecule has 0 amide bonds. The fraction of sp³-hybridized carbons (Fsp3) is 0.828. The summed E-state index contributed by atoms with van der Waals surface area (Å²) < 4.78 is 11.5. The molecule has 2 nitrogen and oxygen atoms in total. The van der Waals surface area contributed by atoms with E-state index < -0.39 is 0 Å². The topological polar surface area (TPSA) is 18.5 Å². The van der Waals surface area contributed by atoms with Gasteiger partial charge >= 0.3 is 0 Å². The van der Waals surface area contributed by atoms with Gasteiger partial charge in [-0.3, -0.25) is 0 Å². The minimum absolute atomic E-state index is 0.0157. The van der Waals surface area contributed by atoms with E-state index in [0.29, 0.717) is 6.61 Å². The van der Waals surface area contributed by atoms with Crippen molar-refractivity contribution < 1.29 is 9.47 Å². The first-order chi connectivity index (χ1) is 15.3. The molecule has 2 heteroatoms. The largest absolute Gasteiger partial charge is 0.379 e. The Kier molecular flexibility index (Phi) is 26.9. The molecular weight excluding hydrogens is 380 g/mol. The zero-order valence-electron chi connectivity index (χ0n) is 21.3. The molecule has 0 saturated heterocycles. The molecule has 0 rings (SSSR count). The van der Waals surface area contributed by atoms with Gasteiger partial charge in [-0.05, 0) is 51.9 Å². The molecule has 1 unspecified atom stereocenters. The van der Waals surface area contributed by atoms with E-state index in [4.69, 9.17) is 9.47 Å². The fourth-order valence-corrected chi connectivity index (χ4v) is 3.59. The summed E-state index contributed by atoms with van der Waals surface area (Å²) in [5.41, 5.74) is 0. The smallest absolute Gasteiger partial charge is 0.0809 e. The first kappa shape index (κ1) is 30.4. The Bertz CT molecular complexity index is 375. The van der Waals surface area contributed by atoms with Gasteiger partial charge in [0.05, 0.1) is 12.7 Å². The first-order valence-corrected chi connectivity index (χ1v) is 13.6. The molecule has 0 saturated carbocycles. The predicted molar refractivity (Wildman–Crippen MR) is 139 cm³/mol. The molecule has 0 fully saturated rings. The lowest BCUT2D eigenvalue weighted by atomic mass is 10.1. The molecule has 0 aliphatic rings. The highest BCUT2D eigenvalue weighted by molar-refractivity contribution is 4.92. The van der Waals surface area contributed by atoms with Crippen LogP contribution in [0, 0.1) is 6.92 Å². The Morgan fingerprint density at radius 2 is 1.06 bits per heavy atom. The zero-order valence-corrected chi connectivity index (χ0v) is 21.3. The lowest BCUT2D eigenvalue weighted by Crippen LogP contribution is -2.17. The van der Waals surface area contributed by atoms with Crippen LogP contribution >= 0.6 is 0 Å². The zero-order chi connectivity index (χ0) is 22.7. The van der Waals surface area contributed by atoms with E-state index in [1.54, 1.807) is 0 Å². The molecule has 0 aromatic heterocycles. The average Bonchev–Trinajstić information content (AvgIpc) is 2.77. The van der Waals surface area contributed by atoms with E-state index in [9.17, 15) is 0 Å². The summed E-state index contributed by atoms with van der Waals surface area (Å²) in [5.74, 6) is 0. The fourth-order valence-electron chi connectivity index (χ4n) is 3.59. The lowest BCUT2D eigenvalue weighted by Gasteiger charge is -2.13. The van der Waals surface area contributed by atoms with Crippen LogP contribution < -0.4 is 0 Å². The van der Waals surface area contributed by atoms with Crippen molar-refractivity contribution in [2.75, 3.05) is 19.8 Å². The molecule has 0 aliphatic heterocycles. The van der Waals surface area contributed by atoms with E-state index in [2.05, 4.69) is 45.1 Å².